The van der Waals surface area contributed by atoms with Crippen molar-refractivity contribution in [2.75, 3.05) is 18.0 Å². The number of hydrogen-bond donors (Lipinski definition) is 2. The van der Waals surface area contributed by atoms with Crippen molar-refractivity contribution in [2.24, 2.45) is 5.73 Å². The number of carbonyl (C=O) groups is 3. The summed E-state index contributed by atoms with van der Waals surface area (Å²) in [5.74, 6) is -2.59. The van der Waals surface area contributed by atoms with Crippen molar-refractivity contribution in [1.29, 1.82) is 0 Å². The number of primary amides is 1. The zero-order valence-electron chi connectivity index (χ0n) is 14.9. The lowest BCUT2D eigenvalue weighted by atomic mass is 10.2. The summed E-state index contributed by atoms with van der Waals surface area (Å²) in [5.41, 5.74) is 4.64. The molecule has 0 aromatic heterocycles. The second-order valence-electron chi connectivity index (χ2n) is 5.58. The number of halogens is 2. The van der Waals surface area contributed by atoms with Crippen molar-refractivity contribution in [3.05, 3.63) is 58.9 Å². The van der Waals surface area contributed by atoms with Gasteiger partial charge in [0.1, 0.15) is 5.82 Å². The molecule has 2 rings (SSSR count). The Hall–Kier alpha value is -3.18. The van der Waals surface area contributed by atoms with E-state index in [-0.39, 0.29) is 21.2 Å². The quantitative estimate of drug-likeness (QED) is 0.651. The fraction of sp³-hybridized carbons (Fsp3) is 0.118. The molecule has 0 saturated carbocycles. The van der Waals surface area contributed by atoms with E-state index in [0.29, 0.717) is 0 Å². The maximum absolute atomic E-state index is 13.1. The number of carbonyl (C=O) groups excluding carboxylic acids is 3. The van der Waals surface area contributed by atoms with Gasteiger partial charge in [-0.1, -0.05) is 11.6 Å². The molecule has 2 aromatic rings. The number of imide groups is 1. The second kappa shape index (κ2) is 8.88. The van der Waals surface area contributed by atoms with Gasteiger partial charge >= 0.3 is 12.0 Å². The third-order valence-corrected chi connectivity index (χ3v) is 5.71. The number of esters is 1. The Kier molecular flexibility index (Phi) is 6.77. The Morgan fingerprint density at radius 2 is 1.79 bits per heavy atom. The topological polar surface area (TPSA) is 136 Å². The van der Waals surface area contributed by atoms with E-state index in [1.807, 2.05) is 0 Å². The Morgan fingerprint density at radius 3 is 2.38 bits per heavy atom. The summed E-state index contributed by atoms with van der Waals surface area (Å²) >= 11 is 5.93. The monoisotopic (exact) mass is 443 g/mol. The maximum atomic E-state index is 13.1. The summed E-state index contributed by atoms with van der Waals surface area (Å²) in [4.78, 5) is 33.8. The standard InChI is InChI=1S/C17H15ClFN3O6S/c1-22(11-4-2-10(19)3-5-11)29(26,27)12-6-7-14(18)13(8-12)16(24)28-9-15(23)21-17(20)25/h2-8H,9H2,1H3,(H3,20,21,23,25). The van der Waals surface area contributed by atoms with E-state index >= 15 is 0 Å². The molecular weight excluding hydrogens is 429 g/mol. The van der Waals surface area contributed by atoms with Crippen LogP contribution in [0.4, 0.5) is 14.9 Å². The summed E-state index contributed by atoms with van der Waals surface area (Å²) < 4.78 is 44.3. The number of nitrogens with zero attached hydrogens (tertiary/aromatic N) is 1. The van der Waals surface area contributed by atoms with Crippen LogP contribution in [-0.2, 0) is 19.6 Å². The van der Waals surface area contributed by atoms with Crippen LogP contribution in [0.25, 0.3) is 0 Å². The third-order valence-electron chi connectivity index (χ3n) is 3.60. The third kappa shape index (κ3) is 5.42. The summed E-state index contributed by atoms with van der Waals surface area (Å²) in [7, 11) is -2.87. The number of ether oxygens (including phenoxy) is 1. The molecule has 0 saturated heterocycles. The van der Waals surface area contributed by atoms with E-state index in [9.17, 15) is 27.2 Å². The molecule has 0 fully saturated rings. The number of nitrogens with one attached hydrogen (secondary N) is 1. The van der Waals surface area contributed by atoms with Crippen molar-refractivity contribution < 1.29 is 31.9 Å². The Balaban J connectivity index is 2.26. The van der Waals surface area contributed by atoms with Crippen molar-refractivity contribution in [1.82, 2.24) is 5.32 Å². The molecular formula is C17H15ClFN3O6S. The summed E-state index contributed by atoms with van der Waals surface area (Å²) in [6, 6.07) is 6.95. The van der Waals surface area contributed by atoms with Crippen LogP contribution in [0.5, 0.6) is 0 Å². The smallest absolute Gasteiger partial charge is 0.340 e. The number of benzene rings is 2. The van der Waals surface area contributed by atoms with Crippen LogP contribution < -0.4 is 15.4 Å². The van der Waals surface area contributed by atoms with E-state index in [4.69, 9.17) is 22.1 Å². The number of nitrogens with two attached hydrogens (primary N) is 1. The highest BCUT2D eigenvalue weighted by Crippen LogP contribution is 2.26. The van der Waals surface area contributed by atoms with Gasteiger partial charge in [-0.05, 0) is 42.5 Å². The zero-order chi connectivity index (χ0) is 21.8. The predicted molar refractivity (Wildman–Crippen MR) is 101 cm³/mol. The van der Waals surface area contributed by atoms with Crippen molar-refractivity contribution >= 4 is 45.2 Å². The number of sulfonamides is 1. The van der Waals surface area contributed by atoms with E-state index in [1.54, 1.807) is 5.32 Å². The summed E-state index contributed by atoms with van der Waals surface area (Å²) in [5, 5.41) is 1.58. The average Bonchev–Trinajstić information content (AvgIpc) is 2.65. The molecule has 9 nitrogen and oxygen atoms in total. The molecule has 0 heterocycles. The SMILES string of the molecule is CN(c1ccc(F)cc1)S(=O)(=O)c1ccc(Cl)c(C(=O)OCC(=O)NC(N)=O)c1. The fourth-order valence-corrected chi connectivity index (χ4v) is 3.57. The largest absolute Gasteiger partial charge is 0.452 e. The molecule has 3 amide bonds. The van der Waals surface area contributed by atoms with Crippen molar-refractivity contribution in [3.8, 4) is 0 Å². The van der Waals surface area contributed by atoms with Gasteiger partial charge in [-0.25, -0.2) is 22.4 Å². The molecule has 154 valence electrons. The molecule has 0 aliphatic heterocycles. The number of anilines is 1. The highest BCUT2D eigenvalue weighted by molar-refractivity contribution is 7.92. The predicted octanol–water partition coefficient (Wildman–Crippen LogP) is 1.66. The molecule has 0 aliphatic rings. The van der Waals surface area contributed by atoms with Crippen molar-refractivity contribution in [2.45, 2.75) is 4.90 Å². The lowest BCUT2D eigenvalue weighted by Gasteiger charge is -2.20. The molecule has 0 radical (unpaired) electrons. The van der Waals surface area contributed by atoms with Gasteiger partial charge in [-0.3, -0.25) is 14.4 Å². The molecule has 0 spiro atoms. The van der Waals surface area contributed by atoms with Crippen LogP contribution in [0.15, 0.2) is 47.4 Å². The number of amides is 3. The first-order chi connectivity index (χ1) is 13.5. The summed E-state index contributed by atoms with van der Waals surface area (Å²) in [6.07, 6.45) is 0. The van der Waals surface area contributed by atoms with Crippen LogP contribution in [0, 0.1) is 5.82 Å². The van der Waals surface area contributed by atoms with Crippen LogP contribution in [0.3, 0.4) is 0 Å². The number of urea groups is 1. The van der Waals surface area contributed by atoms with Gasteiger partial charge in [0.2, 0.25) is 0 Å². The highest BCUT2D eigenvalue weighted by atomic mass is 35.5. The van der Waals surface area contributed by atoms with Gasteiger partial charge in [0, 0.05) is 7.05 Å². The Morgan fingerprint density at radius 1 is 1.17 bits per heavy atom. The minimum absolute atomic E-state index is 0.117. The minimum atomic E-state index is -4.12. The molecule has 3 N–H and O–H groups in total. The minimum Gasteiger partial charge on any atom is -0.452 e. The fourth-order valence-electron chi connectivity index (χ4n) is 2.15. The first-order valence-corrected chi connectivity index (χ1v) is 9.64. The zero-order valence-corrected chi connectivity index (χ0v) is 16.5. The van der Waals surface area contributed by atoms with E-state index < -0.39 is 40.4 Å². The molecule has 2 aromatic carbocycles. The van der Waals surface area contributed by atoms with Gasteiger partial charge in [-0.2, -0.15) is 0 Å². The molecule has 0 atom stereocenters. The Bertz CT molecular complexity index is 1060. The van der Waals surface area contributed by atoms with E-state index in [0.717, 1.165) is 22.5 Å². The maximum Gasteiger partial charge on any atom is 0.340 e. The van der Waals surface area contributed by atoms with Crippen LogP contribution >= 0.6 is 11.6 Å². The highest BCUT2D eigenvalue weighted by Gasteiger charge is 2.24. The molecule has 0 aliphatic carbocycles. The first-order valence-electron chi connectivity index (χ1n) is 7.83. The Labute approximate surface area is 170 Å². The van der Waals surface area contributed by atoms with Gasteiger partial charge in [0.05, 0.1) is 21.2 Å². The molecule has 0 unspecified atom stereocenters. The first kappa shape index (κ1) is 22.1. The van der Waals surface area contributed by atoms with Gasteiger partial charge in [-0.15, -0.1) is 0 Å². The molecule has 12 heteroatoms. The van der Waals surface area contributed by atoms with Crippen LogP contribution in [-0.4, -0.2) is 40.0 Å². The average molecular weight is 444 g/mol. The summed E-state index contributed by atoms with van der Waals surface area (Å²) in [6.45, 7) is -0.829. The van der Waals surface area contributed by atoms with Gasteiger partial charge < -0.3 is 10.5 Å². The van der Waals surface area contributed by atoms with Crippen LogP contribution in [0.2, 0.25) is 5.02 Å². The van der Waals surface area contributed by atoms with E-state index in [2.05, 4.69) is 0 Å². The number of rotatable bonds is 6. The second-order valence-corrected chi connectivity index (χ2v) is 7.96. The van der Waals surface area contributed by atoms with Gasteiger partial charge in [0.15, 0.2) is 6.61 Å². The van der Waals surface area contributed by atoms with Crippen LogP contribution in [0.1, 0.15) is 10.4 Å². The van der Waals surface area contributed by atoms with E-state index in [1.165, 1.54) is 31.3 Å². The molecule has 0 bridgehead atoms. The molecule has 29 heavy (non-hydrogen) atoms. The van der Waals surface area contributed by atoms with Gasteiger partial charge in [0.25, 0.3) is 15.9 Å². The number of hydrogen-bond acceptors (Lipinski definition) is 6. The lowest BCUT2D eigenvalue weighted by Crippen LogP contribution is -2.37. The van der Waals surface area contributed by atoms with Crippen molar-refractivity contribution in [3.63, 3.8) is 0 Å². The normalized spacial score (nSPS) is 10.9. The lowest BCUT2D eigenvalue weighted by molar-refractivity contribution is -0.123.